The average Bonchev–Trinajstić information content (AvgIpc) is 2.51. The molecule has 0 radical (unpaired) electrons. The number of methoxy groups -OCH3 is 1. The van der Waals surface area contributed by atoms with Crippen LogP contribution in [-0.2, 0) is 14.3 Å². The Morgan fingerprint density at radius 2 is 1.90 bits per heavy atom. The van der Waals surface area contributed by atoms with Crippen molar-refractivity contribution in [3.63, 3.8) is 0 Å². The Bertz CT molecular complexity index is 503. The molecule has 2 N–H and O–H groups in total. The predicted octanol–water partition coefficient (Wildman–Crippen LogP) is -0.591. The summed E-state index contributed by atoms with van der Waals surface area (Å²) in [5, 5.41) is 11.7. The van der Waals surface area contributed by atoms with E-state index >= 15 is 0 Å². The number of nitrogens with one attached hydrogen (secondary N) is 1. The molecular formula is C14H18N2O5. The Kier molecular flexibility index (Phi) is 6.35. The van der Waals surface area contributed by atoms with Crippen LogP contribution in [0.15, 0.2) is 30.3 Å². The van der Waals surface area contributed by atoms with Crippen LogP contribution in [0.25, 0.3) is 0 Å². The number of amides is 2. The van der Waals surface area contributed by atoms with Crippen LogP contribution in [0.3, 0.4) is 0 Å². The monoisotopic (exact) mass is 294 g/mol. The summed E-state index contributed by atoms with van der Waals surface area (Å²) in [6.45, 7) is -0.444. The third-order valence-corrected chi connectivity index (χ3v) is 2.71. The molecule has 0 aliphatic carbocycles. The summed E-state index contributed by atoms with van der Waals surface area (Å²) in [5.41, 5.74) is 0.474. The van der Waals surface area contributed by atoms with Crippen molar-refractivity contribution in [2.24, 2.45) is 0 Å². The predicted molar refractivity (Wildman–Crippen MR) is 74.4 cm³/mol. The normalized spacial score (nSPS) is 11.4. The number of hydrogen-bond donors (Lipinski definition) is 2. The van der Waals surface area contributed by atoms with Crippen LogP contribution in [0.5, 0.6) is 0 Å². The van der Waals surface area contributed by atoms with Gasteiger partial charge in [0.15, 0.2) is 6.10 Å². The van der Waals surface area contributed by atoms with Gasteiger partial charge in [-0.1, -0.05) is 18.2 Å². The molecule has 0 aliphatic heterocycles. The Morgan fingerprint density at radius 1 is 1.29 bits per heavy atom. The van der Waals surface area contributed by atoms with E-state index in [4.69, 9.17) is 0 Å². The fourth-order valence-corrected chi connectivity index (χ4v) is 1.57. The lowest BCUT2D eigenvalue weighted by Gasteiger charge is -2.17. The maximum atomic E-state index is 12.0. The molecule has 21 heavy (non-hydrogen) atoms. The zero-order valence-electron chi connectivity index (χ0n) is 11.9. The molecule has 1 aromatic rings. The van der Waals surface area contributed by atoms with Gasteiger partial charge in [0.05, 0.1) is 20.2 Å². The molecule has 1 atom stereocenters. The number of benzene rings is 1. The first-order chi connectivity index (χ1) is 9.95. The quantitative estimate of drug-likeness (QED) is 0.684. The lowest BCUT2D eigenvalue weighted by Crippen LogP contribution is -2.42. The lowest BCUT2D eigenvalue weighted by molar-refractivity contribution is -0.150. The minimum Gasteiger partial charge on any atom is -0.467 e. The standard InChI is InChI=1S/C14H18N2O5/c1-16(13(19)10-6-4-3-5-7-10)9-12(18)15-8-11(17)14(20)21-2/h3-7,11,17H,8-9H2,1-2H3,(H,15,18). The van der Waals surface area contributed by atoms with Gasteiger partial charge in [0.25, 0.3) is 5.91 Å². The zero-order valence-corrected chi connectivity index (χ0v) is 11.9. The number of aliphatic hydroxyl groups is 1. The van der Waals surface area contributed by atoms with Crippen LogP contribution >= 0.6 is 0 Å². The number of esters is 1. The Balaban J connectivity index is 2.44. The van der Waals surface area contributed by atoms with E-state index in [1.54, 1.807) is 30.3 Å². The second kappa shape index (κ2) is 8.01. The van der Waals surface area contributed by atoms with E-state index < -0.39 is 18.0 Å². The highest BCUT2D eigenvalue weighted by Crippen LogP contribution is 2.02. The number of rotatable bonds is 6. The van der Waals surface area contributed by atoms with Gasteiger partial charge in [-0.05, 0) is 12.1 Å². The fraction of sp³-hybridized carbons (Fsp3) is 0.357. The van der Waals surface area contributed by atoms with Crippen LogP contribution in [0.2, 0.25) is 0 Å². The SMILES string of the molecule is COC(=O)C(O)CNC(=O)CN(C)C(=O)c1ccccc1. The molecule has 2 amide bonds. The Hall–Kier alpha value is -2.41. The summed E-state index contributed by atoms with van der Waals surface area (Å²) < 4.78 is 4.32. The van der Waals surface area contributed by atoms with Crippen molar-refractivity contribution in [2.45, 2.75) is 6.10 Å². The van der Waals surface area contributed by atoms with E-state index in [9.17, 15) is 19.5 Å². The van der Waals surface area contributed by atoms with Gasteiger partial charge in [-0.2, -0.15) is 0 Å². The van der Waals surface area contributed by atoms with Crippen molar-refractivity contribution < 1.29 is 24.2 Å². The van der Waals surface area contributed by atoms with Crippen molar-refractivity contribution >= 4 is 17.8 Å². The van der Waals surface area contributed by atoms with Crippen molar-refractivity contribution in [1.29, 1.82) is 0 Å². The Labute approximate surface area is 122 Å². The first-order valence-corrected chi connectivity index (χ1v) is 6.28. The molecule has 0 heterocycles. The van der Waals surface area contributed by atoms with Crippen LogP contribution in [0.1, 0.15) is 10.4 Å². The molecule has 0 bridgehead atoms. The summed E-state index contributed by atoms with van der Waals surface area (Å²) >= 11 is 0. The minimum absolute atomic E-state index is 0.179. The molecular weight excluding hydrogens is 276 g/mol. The molecule has 0 aliphatic rings. The number of carbonyl (C=O) groups is 3. The van der Waals surface area contributed by atoms with Crippen molar-refractivity contribution in [2.75, 3.05) is 27.2 Å². The van der Waals surface area contributed by atoms with Gasteiger partial charge in [-0.25, -0.2) is 4.79 Å². The number of ether oxygens (including phenoxy) is 1. The molecule has 7 nitrogen and oxygen atoms in total. The van der Waals surface area contributed by atoms with Gasteiger partial charge >= 0.3 is 5.97 Å². The summed E-state index contributed by atoms with van der Waals surface area (Å²) in [7, 11) is 2.63. The van der Waals surface area contributed by atoms with E-state index in [1.165, 1.54) is 11.9 Å². The molecule has 0 aromatic heterocycles. The largest absolute Gasteiger partial charge is 0.467 e. The summed E-state index contributed by atoms with van der Waals surface area (Å²) in [4.78, 5) is 35.8. The van der Waals surface area contributed by atoms with Crippen LogP contribution in [0, 0.1) is 0 Å². The topological polar surface area (TPSA) is 95.9 Å². The van der Waals surface area contributed by atoms with Crippen molar-refractivity contribution in [3.05, 3.63) is 35.9 Å². The van der Waals surface area contributed by atoms with Gasteiger partial charge in [-0.15, -0.1) is 0 Å². The highest BCUT2D eigenvalue weighted by Gasteiger charge is 2.18. The molecule has 1 unspecified atom stereocenters. The summed E-state index contributed by atoms with van der Waals surface area (Å²) in [6.07, 6.45) is -1.42. The molecule has 114 valence electrons. The van der Waals surface area contributed by atoms with Gasteiger partial charge in [0.2, 0.25) is 5.91 Å². The summed E-state index contributed by atoms with van der Waals surface area (Å²) in [6, 6.07) is 8.55. The number of hydrogen-bond acceptors (Lipinski definition) is 5. The second-order valence-electron chi connectivity index (χ2n) is 4.37. The highest BCUT2D eigenvalue weighted by atomic mass is 16.5. The fourth-order valence-electron chi connectivity index (χ4n) is 1.57. The number of aliphatic hydroxyl groups excluding tert-OH is 1. The first-order valence-electron chi connectivity index (χ1n) is 6.28. The molecule has 7 heteroatoms. The van der Waals surface area contributed by atoms with E-state index in [0.717, 1.165) is 7.11 Å². The van der Waals surface area contributed by atoms with Crippen molar-refractivity contribution in [1.82, 2.24) is 10.2 Å². The van der Waals surface area contributed by atoms with Gasteiger partial charge < -0.3 is 20.1 Å². The molecule has 0 saturated carbocycles. The van der Waals surface area contributed by atoms with Gasteiger partial charge in [0.1, 0.15) is 0 Å². The molecule has 1 rings (SSSR count). The highest BCUT2D eigenvalue weighted by molar-refractivity contribution is 5.96. The molecule has 0 saturated heterocycles. The maximum Gasteiger partial charge on any atom is 0.336 e. The van der Waals surface area contributed by atoms with E-state index in [1.807, 2.05) is 0 Å². The van der Waals surface area contributed by atoms with Gasteiger partial charge in [0, 0.05) is 12.6 Å². The summed E-state index contributed by atoms with van der Waals surface area (Å²) in [5.74, 6) is -1.60. The molecule has 1 aromatic carbocycles. The third kappa shape index (κ3) is 5.23. The lowest BCUT2D eigenvalue weighted by atomic mass is 10.2. The van der Waals surface area contributed by atoms with Crippen LogP contribution < -0.4 is 5.32 Å². The van der Waals surface area contributed by atoms with E-state index in [0.29, 0.717) is 5.56 Å². The number of likely N-dealkylation sites (N-methyl/N-ethyl adjacent to an activating group) is 1. The van der Waals surface area contributed by atoms with Crippen LogP contribution in [0.4, 0.5) is 0 Å². The van der Waals surface area contributed by atoms with Crippen LogP contribution in [-0.4, -0.2) is 61.1 Å². The first kappa shape index (κ1) is 16.6. The van der Waals surface area contributed by atoms with E-state index in [-0.39, 0.29) is 19.0 Å². The zero-order chi connectivity index (χ0) is 15.8. The van der Waals surface area contributed by atoms with Crippen molar-refractivity contribution in [3.8, 4) is 0 Å². The van der Waals surface area contributed by atoms with Gasteiger partial charge in [-0.3, -0.25) is 9.59 Å². The Morgan fingerprint density at radius 3 is 2.48 bits per heavy atom. The molecule has 0 spiro atoms. The molecule has 0 fully saturated rings. The third-order valence-electron chi connectivity index (χ3n) is 2.71. The smallest absolute Gasteiger partial charge is 0.336 e. The number of nitrogens with zero attached hydrogens (tertiary/aromatic N) is 1. The second-order valence-corrected chi connectivity index (χ2v) is 4.37. The minimum atomic E-state index is -1.42. The van der Waals surface area contributed by atoms with E-state index in [2.05, 4.69) is 10.1 Å². The maximum absolute atomic E-state index is 12.0. The number of carbonyl (C=O) groups excluding carboxylic acids is 3. The average molecular weight is 294 g/mol.